The first-order valence-electron chi connectivity index (χ1n) is 21.1. The highest BCUT2D eigenvalue weighted by Crippen LogP contribution is 2.48. The number of thioether (sulfide) groups is 1. The van der Waals surface area contributed by atoms with Gasteiger partial charge in [0, 0.05) is 33.1 Å². The van der Waals surface area contributed by atoms with Gasteiger partial charge in [0.05, 0.1) is 23.5 Å². The molecule has 2 aliphatic rings. The van der Waals surface area contributed by atoms with Crippen molar-refractivity contribution in [2.75, 3.05) is 15.8 Å². The standard InChI is InChI=1S/C50H41Cl2N4O7S2/c1-4-31(20-49-55(30-65(57,58)59)40-24-34-12-8-10-14-36(34)26-45(40)63-49)19-48-54(39-23-33-11-7-9-13-35(33)25-44(39)62-48)29-60-56-42-28-38(52)16-18-46(42)64-50(56)22-32(5-2)21-47-53(6-3)41-27-37(51)15-17-43(41)61-47/h7-28H,4-6,29-30H2,1-3H3/q+1/p+1. The Labute approximate surface area is 389 Å². The van der Waals surface area contributed by atoms with Gasteiger partial charge in [0.15, 0.2) is 11.6 Å². The maximum Gasteiger partial charge on any atom is 0.376 e. The molecular weight excluding hydrogens is 904 g/mol. The molecule has 4 heterocycles. The molecule has 0 bridgehead atoms. The van der Waals surface area contributed by atoms with Crippen molar-refractivity contribution in [2.45, 2.75) is 51.8 Å². The average molecular weight is 946 g/mol. The number of hydroxylamine groups is 1. The summed E-state index contributed by atoms with van der Waals surface area (Å²) in [6, 6.07) is 35.0. The highest BCUT2D eigenvalue weighted by molar-refractivity contribution is 8.03. The smallest absolute Gasteiger partial charge is 0.376 e. The molecule has 6 aromatic carbocycles. The summed E-state index contributed by atoms with van der Waals surface area (Å²) in [4.78, 5) is 9.30. The first-order valence-corrected chi connectivity index (χ1v) is 24.3. The van der Waals surface area contributed by atoms with Crippen LogP contribution in [0.15, 0.2) is 157 Å². The first kappa shape index (κ1) is 42.9. The molecule has 0 aliphatic carbocycles. The number of aromatic nitrogens is 2. The predicted octanol–water partition coefficient (Wildman–Crippen LogP) is 12.6. The monoisotopic (exact) mass is 944 g/mol. The van der Waals surface area contributed by atoms with Crippen LogP contribution in [0, 0.1) is 0 Å². The van der Waals surface area contributed by atoms with Crippen molar-refractivity contribution in [1.82, 2.24) is 0 Å². The lowest BCUT2D eigenvalue weighted by Gasteiger charge is -2.18. The van der Waals surface area contributed by atoms with E-state index in [1.54, 1.807) is 17.8 Å². The van der Waals surface area contributed by atoms with E-state index in [1.807, 2.05) is 120 Å². The van der Waals surface area contributed by atoms with Gasteiger partial charge < -0.3 is 13.6 Å². The fraction of sp³-hybridized carbons (Fsp3) is 0.160. The quantitative estimate of drug-likeness (QED) is 0.0938. The number of oxazole rings is 2. The third-order valence-electron chi connectivity index (χ3n) is 11.4. The fourth-order valence-corrected chi connectivity index (χ4v) is 10.2. The van der Waals surface area contributed by atoms with Gasteiger partial charge in [-0.3, -0.25) is 9.45 Å². The van der Waals surface area contributed by atoms with Crippen LogP contribution < -0.4 is 23.8 Å². The maximum absolute atomic E-state index is 12.4. The van der Waals surface area contributed by atoms with E-state index in [4.69, 9.17) is 41.6 Å². The Hall–Kier alpha value is -6.06. The molecule has 0 fully saturated rings. The predicted molar refractivity (Wildman–Crippen MR) is 258 cm³/mol. The van der Waals surface area contributed by atoms with Gasteiger partial charge in [-0.15, -0.1) is 4.57 Å². The van der Waals surface area contributed by atoms with Crippen molar-refractivity contribution in [3.8, 4) is 5.75 Å². The van der Waals surface area contributed by atoms with Crippen molar-refractivity contribution in [3.05, 3.63) is 165 Å². The number of halogens is 2. The van der Waals surface area contributed by atoms with Gasteiger partial charge in [0.1, 0.15) is 11.6 Å². The van der Waals surface area contributed by atoms with Gasteiger partial charge in [-0.25, -0.2) is 9.90 Å². The van der Waals surface area contributed by atoms with Crippen LogP contribution in [0.1, 0.15) is 45.4 Å². The molecule has 0 atom stereocenters. The second-order valence-corrected chi connectivity index (χ2v) is 19.0. The van der Waals surface area contributed by atoms with Gasteiger partial charge in [0.2, 0.25) is 17.0 Å². The van der Waals surface area contributed by atoms with E-state index < -0.39 is 16.0 Å². The largest absolute Gasteiger partial charge is 0.439 e. The second-order valence-electron chi connectivity index (χ2n) is 15.6. The summed E-state index contributed by atoms with van der Waals surface area (Å²) < 4.78 is 58.2. The van der Waals surface area contributed by atoms with Crippen LogP contribution in [0.3, 0.4) is 0 Å². The molecule has 0 amide bonds. The van der Waals surface area contributed by atoms with Crippen LogP contribution in [0.5, 0.6) is 5.75 Å². The topological polar surface area (TPSA) is 113 Å². The molecule has 0 saturated heterocycles. The van der Waals surface area contributed by atoms with Crippen LogP contribution >= 0.6 is 35.0 Å². The summed E-state index contributed by atoms with van der Waals surface area (Å²) in [5.41, 5.74) is 6.22. The van der Waals surface area contributed by atoms with Crippen LogP contribution in [-0.2, 0) is 28.2 Å². The highest BCUT2D eigenvalue weighted by atomic mass is 35.5. The van der Waals surface area contributed by atoms with E-state index in [2.05, 4.69) is 42.7 Å². The van der Waals surface area contributed by atoms with Crippen LogP contribution in [0.2, 0.25) is 10.0 Å². The van der Waals surface area contributed by atoms with Crippen molar-refractivity contribution in [1.29, 1.82) is 0 Å². The number of ether oxygens (including phenoxy) is 1. The summed E-state index contributed by atoms with van der Waals surface area (Å²) in [7, 11) is -4.45. The van der Waals surface area contributed by atoms with Gasteiger partial charge in [-0.05, 0) is 107 Å². The van der Waals surface area contributed by atoms with Crippen molar-refractivity contribution < 1.29 is 40.5 Å². The molecule has 0 unspecified atom stereocenters. The Morgan fingerprint density at radius 1 is 0.723 bits per heavy atom. The molecule has 328 valence electrons. The van der Waals surface area contributed by atoms with Crippen LogP contribution in [-0.4, -0.2) is 18.8 Å². The zero-order valence-corrected chi connectivity index (χ0v) is 38.6. The third-order valence-corrected chi connectivity index (χ3v) is 13.5. The van der Waals surface area contributed by atoms with Crippen LogP contribution in [0.4, 0.5) is 11.4 Å². The number of benzene rings is 6. The number of hydrogen-bond donors (Lipinski definition) is 1. The molecule has 10 rings (SSSR count). The SMILES string of the molecule is CCC(=Cc1oc2ccc(Cl)cc2[n+]1CC)C=C1Sc2ccc(Cl)cc2N1OC[n+]1c(C=C(C=C2Oc3cc4ccccc4cc3N2CS(=O)(=O)O)CC)oc2cc3ccccc3cc21. The lowest BCUT2D eigenvalue weighted by molar-refractivity contribution is -0.715. The highest BCUT2D eigenvalue weighted by Gasteiger charge is 2.33. The van der Waals surface area contributed by atoms with E-state index in [9.17, 15) is 13.0 Å². The minimum atomic E-state index is -4.45. The molecule has 15 heteroatoms. The molecule has 0 saturated carbocycles. The zero-order chi connectivity index (χ0) is 45.0. The number of aryl methyl sites for hydroxylation is 1. The molecule has 1 N–H and O–H groups in total. The van der Waals surface area contributed by atoms with Crippen molar-refractivity contribution in [3.63, 3.8) is 0 Å². The normalized spacial score (nSPS) is 15.7. The Bertz CT molecular complexity index is 3470. The lowest BCUT2D eigenvalue weighted by atomic mass is 10.1. The summed E-state index contributed by atoms with van der Waals surface area (Å²) in [5, 5.41) is 7.73. The Balaban J connectivity index is 1.05. The summed E-state index contributed by atoms with van der Waals surface area (Å²) >= 11 is 14.6. The molecule has 2 aliphatic heterocycles. The zero-order valence-electron chi connectivity index (χ0n) is 35.5. The second kappa shape index (κ2) is 17.4. The number of fused-ring (bicyclic) bond motifs is 6. The molecule has 0 spiro atoms. The third kappa shape index (κ3) is 8.51. The number of rotatable bonds is 12. The number of anilines is 2. The van der Waals surface area contributed by atoms with Crippen molar-refractivity contribution >= 4 is 112 Å². The minimum Gasteiger partial charge on any atom is -0.439 e. The average Bonchev–Trinajstić information content (AvgIpc) is 4.01. The molecule has 8 aromatic rings. The number of nitrogens with zero attached hydrogens (tertiary/aromatic N) is 4. The van der Waals surface area contributed by atoms with E-state index in [0.717, 1.165) is 64.9 Å². The Kier molecular flexibility index (Phi) is 11.5. The number of allylic oxidation sites excluding steroid dienone is 4. The van der Waals surface area contributed by atoms with Gasteiger partial charge in [0.25, 0.3) is 27.9 Å². The lowest BCUT2D eigenvalue weighted by Crippen LogP contribution is -2.39. The molecule has 11 nitrogen and oxygen atoms in total. The van der Waals surface area contributed by atoms with E-state index in [1.165, 1.54) is 4.90 Å². The van der Waals surface area contributed by atoms with Crippen LogP contribution in [0.25, 0.3) is 55.9 Å². The first-order chi connectivity index (χ1) is 31.4. The molecule has 65 heavy (non-hydrogen) atoms. The Morgan fingerprint density at radius 2 is 1.34 bits per heavy atom. The molecule has 0 radical (unpaired) electrons. The minimum absolute atomic E-state index is 0.0311. The summed E-state index contributed by atoms with van der Waals surface area (Å²) in [6.45, 7) is 6.89. The fourth-order valence-electron chi connectivity index (χ4n) is 8.20. The van der Waals surface area contributed by atoms with Gasteiger partial charge in [-0.2, -0.15) is 13.0 Å². The summed E-state index contributed by atoms with van der Waals surface area (Å²) in [5.74, 6) is 1.23. The number of hydrogen-bond acceptors (Lipinski definition) is 9. The van der Waals surface area contributed by atoms with Gasteiger partial charge in [-0.1, -0.05) is 97.3 Å². The molecular formula is C50H42Cl2N4O7S2+2. The van der Waals surface area contributed by atoms with Gasteiger partial charge >= 0.3 is 11.8 Å². The Morgan fingerprint density at radius 3 is 2.05 bits per heavy atom. The van der Waals surface area contributed by atoms with E-state index in [0.29, 0.717) is 58.2 Å². The maximum atomic E-state index is 12.4. The molecule has 2 aromatic heterocycles. The van der Waals surface area contributed by atoms with Crippen molar-refractivity contribution in [2.24, 2.45) is 0 Å². The van der Waals surface area contributed by atoms with E-state index in [-0.39, 0.29) is 12.6 Å². The summed E-state index contributed by atoms with van der Waals surface area (Å²) in [6.07, 6.45) is 9.07. The van der Waals surface area contributed by atoms with E-state index >= 15 is 0 Å².